The second-order valence-corrected chi connectivity index (χ2v) is 7.34. The number of hydrogen-bond acceptors (Lipinski definition) is 3. The molecule has 2 aromatic rings. The van der Waals surface area contributed by atoms with E-state index in [1.165, 1.54) is 17.0 Å². The highest BCUT2D eigenvalue weighted by atomic mass is 19.1. The largest absolute Gasteiger partial charge is 0.484 e. The van der Waals surface area contributed by atoms with Gasteiger partial charge < -0.3 is 15.0 Å². The number of benzene rings is 2. The van der Waals surface area contributed by atoms with E-state index in [4.69, 9.17) is 4.74 Å². The fourth-order valence-electron chi connectivity index (χ4n) is 3.02. The minimum Gasteiger partial charge on any atom is -0.484 e. The SMILES string of the molecule is CC[C@H](C(=O)NC(C)C)N(Cc1ccc(F)cc1)C(=O)COc1cccc(C)c1. The molecule has 0 saturated heterocycles. The van der Waals surface area contributed by atoms with Crippen molar-refractivity contribution in [2.45, 2.75) is 52.7 Å². The molecule has 0 aliphatic carbocycles. The molecule has 29 heavy (non-hydrogen) atoms. The van der Waals surface area contributed by atoms with Gasteiger partial charge in [-0.3, -0.25) is 9.59 Å². The van der Waals surface area contributed by atoms with Crippen LogP contribution in [0.4, 0.5) is 4.39 Å². The zero-order chi connectivity index (χ0) is 21.4. The number of nitrogens with zero attached hydrogens (tertiary/aromatic N) is 1. The van der Waals surface area contributed by atoms with Crippen LogP contribution in [0.25, 0.3) is 0 Å². The first-order chi connectivity index (χ1) is 13.8. The van der Waals surface area contributed by atoms with Crippen LogP contribution in [-0.2, 0) is 16.1 Å². The van der Waals surface area contributed by atoms with E-state index in [1.807, 2.05) is 45.9 Å². The van der Waals surface area contributed by atoms with Crippen LogP contribution in [0.5, 0.6) is 5.75 Å². The summed E-state index contributed by atoms with van der Waals surface area (Å²) in [5, 5.41) is 2.87. The van der Waals surface area contributed by atoms with E-state index in [1.54, 1.807) is 18.2 Å². The molecule has 0 saturated carbocycles. The second-order valence-electron chi connectivity index (χ2n) is 7.34. The Bertz CT molecular complexity index is 821. The summed E-state index contributed by atoms with van der Waals surface area (Å²) >= 11 is 0. The van der Waals surface area contributed by atoms with Crippen molar-refractivity contribution in [1.82, 2.24) is 10.2 Å². The summed E-state index contributed by atoms with van der Waals surface area (Å²) in [6.07, 6.45) is 0.454. The molecule has 1 atom stereocenters. The van der Waals surface area contributed by atoms with Crippen LogP contribution in [-0.4, -0.2) is 35.4 Å². The standard InChI is InChI=1S/C23H29FN2O3/c1-5-21(23(28)25-16(2)3)26(14-18-9-11-19(24)12-10-18)22(27)15-29-20-8-6-7-17(4)13-20/h6-13,16,21H,5,14-15H2,1-4H3,(H,25,28)/t21-/m1/s1. The van der Waals surface area contributed by atoms with Gasteiger partial charge in [-0.2, -0.15) is 0 Å². The fraction of sp³-hybridized carbons (Fsp3) is 0.391. The van der Waals surface area contributed by atoms with Gasteiger partial charge in [-0.1, -0.05) is 31.2 Å². The van der Waals surface area contributed by atoms with E-state index in [2.05, 4.69) is 5.32 Å². The summed E-state index contributed by atoms with van der Waals surface area (Å²) < 4.78 is 18.9. The number of aryl methyl sites for hydroxylation is 1. The molecule has 5 nitrogen and oxygen atoms in total. The number of carbonyl (C=O) groups excluding carboxylic acids is 2. The zero-order valence-electron chi connectivity index (χ0n) is 17.4. The first-order valence-corrected chi connectivity index (χ1v) is 9.84. The van der Waals surface area contributed by atoms with Crippen LogP contribution in [0.1, 0.15) is 38.3 Å². The Hall–Kier alpha value is -2.89. The predicted octanol–water partition coefficient (Wildman–Crippen LogP) is 3.84. The van der Waals surface area contributed by atoms with Crippen molar-refractivity contribution in [2.75, 3.05) is 6.61 Å². The van der Waals surface area contributed by atoms with Gasteiger partial charge in [-0.25, -0.2) is 4.39 Å². The van der Waals surface area contributed by atoms with E-state index >= 15 is 0 Å². The lowest BCUT2D eigenvalue weighted by Crippen LogP contribution is -2.51. The van der Waals surface area contributed by atoms with Gasteiger partial charge in [0.05, 0.1) is 0 Å². The lowest BCUT2D eigenvalue weighted by Gasteiger charge is -2.31. The van der Waals surface area contributed by atoms with Crippen LogP contribution < -0.4 is 10.1 Å². The Morgan fingerprint density at radius 2 is 1.83 bits per heavy atom. The average molecular weight is 400 g/mol. The molecule has 1 N–H and O–H groups in total. The van der Waals surface area contributed by atoms with Crippen LogP contribution in [0.2, 0.25) is 0 Å². The first kappa shape index (κ1) is 22.4. The zero-order valence-corrected chi connectivity index (χ0v) is 17.4. The second kappa shape index (κ2) is 10.6. The maximum absolute atomic E-state index is 13.3. The van der Waals surface area contributed by atoms with E-state index in [-0.39, 0.29) is 36.8 Å². The van der Waals surface area contributed by atoms with E-state index in [9.17, 15) is 14.0 Å². The molecular weight excluding hydrogens is 371 g/mol. The highest BCUT2D eigenvalue weighted by Gasteiger charge is 2.29. The number of carbonyl (C=O) groups is 2. The minimum atomic E-state index is -0.643. The van der Waals surface area contributed by atoms with Gasteiger partial charge in [0.2, 0.25) is 5.91 Å². The molecule has 0 bridgehead atoms. The van der Waals surface area contributed by atoms with Crippen molar-refractivity contribution in [1.29, 1.82) is 0 Å². The van der Waals surface area contributed by atoms with E-state index in [0.717, 1.165) is 11.1 Å². The summed E-state index contributed by atoms with van der Waals surface area (Å²) in [6, 6.07) is 12.7. The third-order valence-electron chi connectivity index (χ3n) is 4.43. The highest BCUT2D eigenvalue weighted by molar-refractivity contribution is 5.88. The Balaban J connectivity index is 2.20. The molecule has 2 aromatic carbocycles. The molecule has 2 rings (SSSR count). The maximum Gasteiger partial charge on any atom is 0.261 e. The smallest absolute Gasteiger partial charge is 0.261 e. The average Bonchev–Trinajstić information content (AvgIpc) is 2.67. The lowest BCUT2D eigenvalue weighted by atomic mass is 10.1. The molecule has 2 amide bonds. The van der Waals surface area contributed by atoms with Crippen molar-refractivity contribution in [3.63, 3.8) is 0 Å². The monoisotopic (exact) mass is 400 g/mol. The summed E-state index contributed by atoms with van der Waals surface area (Å²) in [7, 11) is 0. The van der Waals surface area contributed by atoms with Crippen molar-refractivity contribution in [3.05, 3.63) is 65.5 Å². The quantitative estimate of drug-likeness (QED) is 0.696. The molecule has 0 heterocycles. The first-order valence-electron chi connectivity index (χ1n) is 9.84. The van der Waals surface area contributed by atoms with Gasteiger partial charge >= 0.3 is 0 Å². The number of ether oxygens (including phenoxy) is 1. The molecule has 156 valence electrons. The number of rotatable bonds is 9. The van der Waals surface area contributed by atoms with E-state index in [0.29, 0.717) is 12.2 Å². The Morgan fingerprint density at radius 1 is 1.14 bits per heavy atom. The Morgan fingerprint density at radius 3 is 2.41 bits per heavy atom. The molecular formula is C23H29FN2O3. The normalized spacial score (nSPS) is 11.8. The maximum atomic E-state index is 13.3. The summed E-state index contributed by atoms with van der Waals surface area (Å²) in [5.41, 5.74) is 1.77. The van der Waals surface area contributed by atoms with Gasteiger partial charge in [-0.05, 0) is 62.6 Å². The summed E-state index contributed by atoms with van der Waals surface area (Å²) in [5.74, 6) is -0.270. The third kappa shape index (κ3) is 6.89. The number of halogens is 1. The van der Waals surface area contributed by atoms with Crippen LogP contribution in [0.15, 0.2) is 48.5 Å². The van der Waals surface area contributed by atoms with Crippen LogP contribution in [0, 0.1) is 12.7 Å². The van der Waals surface area contributed by atoms with Crippen molar-refractivity contribution < 1.29 is 18.7 Å². The molecule has 0 aromatic heterocycles. The molecule has 0 fully saturated rings. The molecule has 6 heteroatoms. The van der Waals surface area contributed by atoms with Crippen LogP contribution >= 0.6 is 0 Å². The number of hydrogen-bond donors (Lipinski definition) is 1. The van der Waals surface area contributed by atoms with Gasteiger partial charge in [0.1, 0.15) is 17.6 Å². The lowest BCUT2D eigenvalue weighted by molar-refractivity contribution is -0.143. The minimum absolute atomic E-state index is 0.0390. The summed E-state index contributed by atoms with van der Waals surface area (Å²) in [6.45, 7) is 7.56. The van der Waals surface area contributed by atoms with Crippen molar-refractivity contribution >= 4 is 11.8 Å². The molecule has 0 aliphatic heterocycles. The van der Waals surface area contributed by atoms with E-state index < -0.39 is 6.04 Å². The van der Waals surface area contributed by atoms with Gasteiger partial charge in [0.25, 0.3) is 5.91 Å². The van der Waals surface area contributed by atoms with Crippen LogP contribution in [0.3, 0.4) is 0 Å². The Labute approximate surface area is 171 Å². The van der Waals surface area contributed by atoms with Crippen molar-refractivity contribution in [2.24, 2.45) is 0 Å². The van der Waals surface area contributed by atoms with Gasteiger partial charge in [0, 0.05) is 12.6 Å². The third-order valence-corrected chi connectivity index (χ3v) is 4.43. The molecule has 0 radical (unpaired) electrons. The molecule has 0 unspecified atom stereocenters. The fourth-order valence-corrected chi connectivity index (χ4v) is 3.02. The highest BCUT2D eigenvalue weighted by Crippen LogP contribution is 2.16. The predicted molar refractivity (Wildman–Crippen MR) is 111 cm³/mol. The van der Waals surface area contributed by atoms with Crippen molar-refractivity contribution in [3.8, 4) is 5.75 Å². The number of nitrogens with one attached hydrogen (secondary N) is 1. The van der Waals surface area contributed by atoms with Gasteiger partial charge in [-0.15, -0.1) is 0 Å². The van der Waals surface area contributed by atoms with Gasteiger partial charge in [0.15, 0.2) is 6.61 Å². The molecule has 0 aliphatic rings. The molecule has 0 spiro atoms. The Kier molecular flexibility index (Phi) is 8.19. The summed E-state index contributed by atoms with van der Waals surface area (Å²) in [4.78, 5) is 27.2. The topological polar surface area (TPSA) is 58.6 Å². The number of amides is 2.